The second-order valence-electron chi connectivity index (χ2n) is 7.67. The molecule has 1 aliphatic heterocycles. The van der Waals surface area contributed by atoms with Gasteiger partial charge in [-0.15, -0.1) is 0 Å². The molecule has 14 nitrogen and oxygen atoms in total. The molecule has 0 aromatic heterocycles. The Morgan fingerprint density at radius 3 is 2.26 bits per heavy atom. The lowest BCUT2D eigenvalue weighted by Gasteiger charge is -2.36. The molecule has 0 bridgehead atoms. The van der Waals surface area contributed by atoms with Crippen molar-refractivity contribution in [1.29, 1.82) is 0 Å². The first kappa shape index (κ1) is 28.4. The molecular weight excluding hydrogens is 498 g/mol. The highest BCUT2D eigenvalue weighted by Gasteiger charge is 2.48. The van der Waals surface area contributed by atoms with Gasteiger partial charge in [0.15, 0.2) is 6.29 Å². The third kappa shape index (κ3) is 9.07. The second kappa shape index (κ2) is 12.2. The molecule has 1 aromatic rings. The predicted octanol–water partition coefficient (Wildman–Crippen LogP) is 2.22. The van der Waals surface area contributed by atoms with Gasteiger partial charge in [0.1, 0.15) is 0 Å². The highest BCUT2D eigenvalue weighted by Crippen LogP contribution is 2.38. The van der Waals surface area contributed by atoms with Crippen LogP contribution in [0.2, 0.25) is 0 Å². The van der Waals surface area contributed by atoms with Crippen LogP contribution in [-0.4, -0.2) is 69.6 Å². The van der Waals surface area contributed by atoms with Gasteiger partial charge in [0.05, 0.1) is 43.7 Å². The van der Waals surface area contributed by atoms with Crippen LogP contribution in [0.4, 0.5) is 0 Å². The lowest BCUT2D eigenvalue weighted by atomic mass is 9.87. The topological polar surface area (TPSA) is 204 Å². The second-order valence-corrected chi connectivity index (χ2v) is 9.81. The summed E-state index contributed by atoms with van der Waals surface area (Å²) in [5, 5.41) is 3.34. The van der Waals surface area contributed by atoms with Crippen LogP contribution in [0.1, 0.15) is 32.6 Å². The van der Waals surface area contributed by atoms with Gasteiger partial charge in [-0.2, -0.15) is 16.8 Å². The molecule has 1 aliphatic rings. The highest BCUT2D eigenvalue weighted by molar-refractivity contribution is 7.81. The van der Waals surface area contributed by atoms with Gasteiger partial charge in [0.2, 0.25) is 0 Å². The molecule has 192 valence electrons. The maximum atomic E-state index is 11.6. The van der Waals surface area contributed by atoms with Gasteiger partial charge in [-0.25, -0.2) is 8.37 Å². The van der Waals surface area contributed by atoms with Crippen molar-refractivity contribution in [3.05, 3.63) is 46.3 Å². The molecule has 34 heavy (non-hydrogen) atoms. The minimum Gasteiger partial charge on any atom is -0.373 e. The van der Waals surface area contributed by atoms with Crippen LogP contribution < -0.4 is 0 Å². The molecule has 0 radical (unpaired) electrons. The van der Waals surface area contributed by atoms with Gasteiger partial charge in [-0.3, -0.25) is 9.11 Å². The molecule has 2 N–H and O–H groups in total. The zero-order valence-electron chi connectivity index (χ0n) is 18.6. The Bertz CT molecular complexity index is 1050. The van der Waals surface area contributed by atoms with E-state index in [0.717, 1.165) is 0 Å². The van der Waals surface area contributed by atoms with E-state index in [0.29, 0.717) is 5.56 Å². The Morgan fingerprint density at radius 1 is 1.09 bits per heavy atom. The lowest BCUT2D eigenvalue weighted by Crippen LogP contribution is -2.50. The Morgan fingerprint density at radius 2 is 1.74 bits per heavy atom. The number of hydrogen-bond acceptors (Lipinski definition) is 10. The van der Waals surface area contributed by atoms with Crippen molar-refractivity contribution in [1.82, 2.24) is 0 Å². The fourth-order valence-electron chi connectivity index (χ4n) is 3.62. The fraction of sp³-hybridized carbons (Fsp3) is 0.667. The van der Waals surface area contributed by atoms with E-state index in [-0.39, 0.29) is 0 Å². The molecule has 1 saturated heterocycles. The SMILES string of the molecule is CC(C)OC(COS(=O)(=O)O)[C@@H](C1OC(c2ccccc2)OC1C)[C@H](CN=[N+]=[N-])OS(=O)(=O)O. The van der Waals surface area contributed by atoms with Crippen LogP contribution in [0, 0.1) is 5.92 Å². The van der Waals surface area contributed by atoms with Gasteiger partial charge >= 0.3 is 20.8 Å². The molecular formula is C18H27N3O11S2. The molecule has 0 saturated carbocycles. The summed E-state index contributed by atoms with van der Waals surface area (Å²) in [6.07, 6.45) is -6.02. The average molecular weight is 526 g/mol. The molecule has 0 aliphatic carbocycles. The zero-order valence-corrected chi connectivity index (χ0v) is 20.2. The number of nitrogens with zero attached hydrogens (tertiary/aromatic N) is 3. The first-order chi connectivity index (χ1) is 15.8. The Balaban J connectivity index is 2.51. The number of rotatable bonds is 13. The van der Waals surface area contributed by atoms with Crippen LogP contribution in [0.5, 0.6) is 0 Å². The predicted molar refractivity (Wildman–Crippen MR) is 116 cm³/mol. The minimum atomic E-state index is -5.06. The highest BCUT2D eigenvalue weighted by atomic mass is 32.3. The van der Waals surface area contributed by atoms with Gasteiger partial charge in [0, 0.05) is 16.4 Å². The number of hydrogen-bond donors (Lipinski definition) is 2. The zero-order chi connectivity index (χ0) is 25.5. The van der Waals surface area contributed by atoms with E-state index in [2.05, 4.69) is 14.2 Å². The quantitative estimate of drug-likeness (QED) is 0.165. The molecule has 4 unspecified atom stereocenters. The molecule has 1 fully saturated rings. The van der Waals surface area contributed by atoms with E-state index in [1.807, 2.05) is 0 Å². The third-order valence-corrected chi connectivity index (χ3v) is 5.71. The molecule has 0 spiro atoms. The standard InChI is InChI=1S/C18H27N3O11S2/c1-11(2)29-15(10-28-33(22,23)24)16(14(9-20-21-19)32-34(25,26)27)17-12(3)30-18(31-17)13-7-5-4-6-8-13/h4-8,11-12,14-18H,9-10H2,1-3H3,(H,22,23,24)(H,25,26,27)/t12?,14-,15?,16-,17?,18?/m0/s1. The Labute approximate surface area is 197 Å². The third-order valence-electron chi connectivity index (χ3n) is 4.79. The molecule has 16 heteroatoms. The van der Waals surface area contributed by atoms with Gasteiger partial charge in [0.25, 0.3) is 0 Å². The van der Waals surface area contributed by atoms with Crippen molar-refractivity contribution in [2.45, 2.75) is 57.6 Å². The van der Waals surface area contributed by atoms with E-state index in [1.54, 1.807) is 51.1 Å². The molecule has 2 rings (SSSR count). The van der Waals surface area contributed by atoms with Gasteiger partial charge < -0.3 is 14.2 Å². The Kier molecular flexibility index (Phi) is 10.2. The van der Waals surface area contributed by atoms with Crippen LogP contribution in [0.3, 0.4) is 0 Å². The summed E-state index contributed by atoms with van der Waals surface area (Å²) in [4.78, 5) is 2.59. The lowest BCUT2D eigenvalue weighted by molar-refractivity contribution is -0.130. The summed E-state index contributed by atoms with van der Waals surface area (Å²) >= 11 is 0. The average Bonchev–Trinajstić information content (AvgIpc) is 3.10. The molecule has 6 atom stereocenters. The normalized spacial score (nSPS) is 23.9. The first-order valence-electron chi connectivity index (χ1n) is 10.1. The van der Waals surface area contributed by atoms with E-state index in [4.69, 9.17) is 28.5 Å². The van der Waals surface area contributed by atoms with Crippen molar-refractivity contribution in [2.24, 2.45) is 11.0 Å². The van der Waals surface area contributed by atoms with Crippen molar-refractivity contribution >= 4 is 20.8 Å². The van der Waals surface area contributed by atoms with Crippen molar-refractivity contribution in [3.63, 3.8) is 0 Å². The van der Waals surface area contributed by atoms with Crippen molar-refractivity contribution < 1.29 is 48.5 Å². The summed E-state index contributed by atoms with van der Waals surface area (Å²) in [5.41, 5.74) is 9.41. The summed E-state index contributed by atoms with van der Waals surface area (Å²) < 4.78 is 90.9. The van der Waals surface area contributed by atoms with E-state index >= 15 is 0 Å². The van der Waals surface area contributed by atoms with E-state index in [9.17, 15) is 21.4 Å². The number of ether oxygens (including phenoxy) is 3. The maximum Gasteiger partial charge on any atom is 0.397 e. The smallest absolute Gasteiger partial charge is 0.373 e. The van der Waals surface area contributed by atoms with Gasteiger partial charge in [-0.05, 0) is 26.3 Å². The maximum absolute atomic E-state index is 11.6. The molecule has 1 aromatic carbocycles. The van der Waals surface area contributed by atoms with E-state index < -0.39 is 76.7 Å². The number of benzene rings is 1. The first-order valence-corrected chi connectivity index (χ1v) is 12.8. The van der Waals surface area contributed by atoms with Crippen LogP contribution >= 0.6 is 0 Å². The summed E-state index contributed by atoms with van der Waals surface area (Å²) in [7, 11) is -9.96. The van der Waals surface area contributed by atoms with Crippen LogP contribution in [0.15, 0.2) is 35.4 Å². The van der Waals surface area contributed by atoms with Crippen molar-refractivity contribution in [3.8, 4) is 0 Å². The summed E-state index contributed by atoms with van der Waals surface area (Å²) in [5.74, 6) is -1.22. The van der Waals surface area contributed by atoms with Gasteiger partial charge in [-0.1, -0.05) is 35.4 Å². The summed E-state index contributed by atoms with van der Waals surface area (Å²) in [6.45, 7) is 3.48. The fourth-order valence-corrected chi connectivity index (χ4v) is 4.43. The monoisotopic (exact) mass is 525 g/mol. The summed E-state index contributed by atoms with van der Waals surface area (Å²) in [6, 6.07) is 8.79. The number of azide groups is 1. The van der Waals surface area contributed by atoms with Crippen LogP contribution in [-0.2, 0) is 43.4 Å². The molecule has 0 amide bonds. The minimum absolute atomic E-state index is 0.536. The molecule has 1 heterocycles. The Hall–Kier alpha value is -1.85. The van der Waals surface area contributed by atoms with Crippen molar-refractivity contribution in [2.75, 3.05) is 13.2 Å². The van der Waals surface area contributed by atoms with E-state index in [1.165, 1.54) is 0 Å². The van der Waals surface area contributed by atoms with Crippen LogP contribution in [0.25, 0.3) is 10.4 Å². The largest absolute Gasteiger partial charge is 0.397 e.